The lowest BCUT2D eigenvalue weighted by Gasteiger charge is -2.03. The van der Waals surface area contributed by atoms with E-state index < -0.39 is 21.3 Å². The monoisotopic (exact) mass is 395 g/mol. The molecule has 0 aliphatic rings. The summed E-state index contributed by atoms with van der Waals surface area (Å²) >= 11 is 6.47. The van der Waals surface area contributed by atoms with Gasteiger partial charge in [0, 0.05) is 5.02 Å². The zero-order chi connectivity index (χ0) is 18.8. The summed E-state index contributed by atoms with van der Waals surface area (Å²) in [5, 5.41) is 13.8. The van der Waals surface area contributed by atoms with Crippen LogP contribution < -0.4 is 10.4 Å². The molecule has 3 rings (SSSR count). The lowest BCUT2D eigenvalue weighted by molar-refractivity contribution is 0.487. The van der Waals surface area contributed by atoms with Crippen molar-refractivity contribution in [3.05, 3.63) is 66.5 Å². The highest BCUT2D eigenvalue weighted by molar-refractivity contribution is 7.11. The highest BCUT2D eigenvalue weighted by Crippen LogP contribution is 2.19. The van der Waals surface area contributed by atoms with E-state index in [1.165, 1.54) is 36.1 Å². The Balaban J connectivity index is 1.87. The first-order valence-corrected chi connectivity index (χ1v) is 8.38. The van der Waals surface area contributed by atoms with Crippen LogP contribution in [0.15, 0.2) is 39.1 Å². The number of aromatic hydroxyl groups is 1. The molecule has 0 fully saturated rings. The van der Waals surface area contributed by atoms with Crippen molar-refractivity contribution in [2.75, 3.05) is 0 Å². The predicted molar refractivity (Wildman–Crippen MR) is 95.3 cm³/mol. The Labute approximate surface area is 154 Å². The lowest BCUT2D eigenvalue weighted by atomic mass is 10.2. The maximum absolute atomic E-state index is 13.1. The van der Waals surface area contributed by atoms with E-state index in [2.05, 4.69) is 20.1 Å². The van der Waals surface area contributed by atoms with E-state index in [4.69, 9.17) is 11.6 Å². The summed E-state index contributed by atoms with van der Waals surface area (Å²) in [4.78, 5) is 32.5. The number of H-pyrrole nitrogens is 1. The van der Waals surface area contributed by atoms with Crippen LogP contribution in [0.25, 0.3) is 0 Å². The third-order valence-corrected chi connectivity index (χ3v) is 4.38. The van der Waals surface area contributed by atoms with Gasteiger partial charge in [-0.05, 0) is 36.0 Å². The van der Waals surface area contributed by atoms with Crippen LogP contribution in [0, 0.1) is 5.82 Å². The standard InChI is InChI=1S/C15H11ClFN5O3S/c1-7(11-12(23)20-15(25)26-13(11)24)19-14-18-6-22(21-14)5-8-2-3-9(17)4-10(8)16/h2-4,6,24H,5H2,1H3,(H,20,23,25). The lowest BCUT2D eigenvalue weighted by Crippen LogP contribution is -2.22. The molecule has 3 aromatic rings. The number of aromatic nitrogens is 4. The second-order valence-corrected chi connectivity index (χ2v) is 6.57. The Morgan fingerprint density at radius 3 is 2.92 bits per heavy atom. The van der Waals surface area contributed by atoms with Gasteiger partial charge in [-0.3, -0.25) is 14.6 Å². The molecule has 0 bridgehead atoms. The van der Waals surface area contributed by atoms with Crippen LogP contribution in [0.2, 0.25) is 5.02 Å². The van der Waals surface area contributed by atoms with Gasteiger partial charge in [-0.25, -0.2) is 14.1 Å². The van der Waals surface area contributed by atoms with Crippen molar-refractivity contribution in [1.82, 2.24) is 19.7 Å². The van der Waals surface area contributed by atoms with Gasteiger partial charge in [-0.1, -0.05) is 17.7 Å². The van der Waals surface area contributed by atoms with Gasteiger partial charge in [-0.15, -0.1) is 5.10 Å². The third-order valence-electron chi connectivity index (χ3n) is 3.35. The molecule has 0 unspecified atom stereocenters. The smallest absolute Gasteiger partial charge is 0.310 e. The van der Waals surface area contributed by atoms with Crippen LogP contribution in [0.1, 0.15) is 18.1 Å². The number of nitrogens with zero attached hydrogens (tertiary/aromatic N) is 4. The van der Waals surface area contributed by atoms with Crippen molar-refractivity contribution in [3.8, 4) is 5.06 Å². The molecule has 0 saturated heterocycles. The molecule has 134 valence electrons. The van der Waals surface area contributed by atoms with Crippen LogP contribution in [-0.4, -0.2) is 30.6 Å². The van der Waals surface area contributed by atoms with Crippen molar-refractivity contribution in [3.63, 3.8) is 0 Å². The average Bonchev–Trinajstić information content (AvgIpc) is 2.96. The van der Waals surface area contributed by atoms with Crippen molar-refractivity contribution in [2.45, 2.75) is 13.5 Å². The maximum Gasteiger partial charge on any atom is 0.310 e. The van der Waals surface area contributed by atoms with Gasteiger partial charge in [0.25, 0.3) is 11.5 Å². The molecule has 0 atom stereocenters. The Kier molecular flexibility index (Phi) is 4.96. The minimum atomic E-state index is -0.745. The molecule has 0 radical (unpaired) electrons. The number of rotatable bonds is 4. The van der Waals surface area contributed by atoms with E-state index in [-0.39, 0.29) is 28.8 Å². The quantitative estimate of drug-likeness (QED) is 0.656. The van der Waals surface area contributed by atoms with Gasteiger partial charge in [0.15, 0.2) is 5.06 Å². The molecule has 0 spiro atoms. The number of hydrogen-bond acceptors (Lipinski definition) is 7. The molecule has 26 heavy (non-hydrogen) atoms. The fourth-order valence-electron chi connectivity index (χ4n) is 2.18. The first kappa shape index (κ1) is 18.0. The average molecular weight is 396 g/mol. The number of benzene rings is 1. The van der Waals surface area contributed by atoms with E-state index in [0.29, 0.717) is 16.9 Å². The molecule has 0 amide bonds. The summed E-state index contributed by atoms with van der Waals surface area (Å²) in [5.74, 6) is -0.385. The molecule has 2 heterocycles. The normalized spacial score (nSPS) is 11.7. The van der Waals surface area contributed by atoms with E-state index in [9.17, 15) is 19.1 Å². The first-order chi connectivity index (χ1) is 12.3. The largest absolute Gasteiger partial charge is 0.499 e. The number of hydrogen-bond donors (Lipinski definition) is 2. The van der Waals surface area contributed by atoms with E-state index in [1.807, 2.05) is 0 Å². The summed E-state index contributed by atoms with van der Waals surface area (Å²) in [6, 6.07) is 4.03. The molecule has 0 aliphatic heterocycles. The summed E-state index contributed by atoms with van der Waals surface area (Å²) in [5.41, 5.74) is -0.0674. The van der Waals surface area contributed by atoms with Crippen LogP contribution in [0.5, 0.6) is 5.06 Å². The molecule has 2 aromatic heterocycles. The Morgan fingerprint density at radius 2 is 2.23 bits per heavy atom. The van der Waals surface area contributed by atoms with Crippen LogP contribution in [-0.2, 0) is 6.54 Å². The van der Waals surface area contributed by atoms with Crippen molar-refractivity contribution in [1.29, 1.82) is 0 Å². The molecular formula is C15H11ClFN5O3S. The summed E-state index contributed by atoms with van der Waals surface area (Å²) in [6.07, 6.45) is 1.40. The van der Waals surface area contributed by atoms with Crippen molar-refractivity contribution in [2.24, 2.45) is 4.99 Å². The Bertz CT molecular complexity index is 1120. The molecule has 11 heteroatoms. The molecule has 0 aliphatic carbocycles. The fraction of sp³-hybridized carbons (Fsp3) is 0.133. The van der Waals surface area contributed by atoms with E-state index >= 15 is 0 Å². The van der Waals surface area contributed by atoms with Crippen LogP contribution in [0.3, 0.4) is 0 Å². The van der Waals surface area contributed by atoms with Crippen molar-refractivity contribution < 1.29 is 9.50 Å². The zero-order valence-electron chi connectivity index (χ0n) is 13.2. The molecule has 1 aromatic carbocycles. The predicted octanol–water partition coefficient (Wildman–Crippen LogP) is 2.08. The van der Waals surface area contributed by atoms with Gasteiger partial charge >= 0.3 is 4.87 Å². The third kappa shape index (κ3) is 3.86. The number of nitrogens with one attached hydrogen (secondary N) is 1. The number of aliphatic imine (C=N–C) groups is 1. The van der Waals surface area contributed by atoms with Gasteiger partial charge in [0.2, 0.25) is 0 Å². The van der Waals surface area contributed by atoms with Crippen LogP contribution >= 0.6 is 22.9 Å². The van der Waals surface area contributed by atoms with Gasteiger partial charge < -0.3 is 5.11 Å². The van der Waals surface area contributed by atoms with Gasteiger partial charge in [0.05, 0.1) is 12.3 Å². The van der Waals surface area contributed by atoms with Crippen LogP contribution in [0.4, 0.5) is 10.3 Å². The van der Waals surface area contributed by atoms with E-state index in [1.54, 1.807) is 0 Å². The second kappa shape index (κ2) is 7.18. The summed E-state index contributed by atoms with van der Waals surface area (Å²) in [6.45, 7) is 1.73. The summed E-state index contributed by atoms with van der Waals surface area (Å²) in [7, 11) is 0. The molecule has 2 N–H and O–H groups in total. The van der Waals surface area contributed by atoms with E-state index in [0.717, 1.165) is 0 Å². The van der Waals surface area contributed by atoms with Gasteiger partial charge in [0.1, 0.15) is 17.7 Å². The highest BCUT2D eigenvalue weighted by Gasteiger charge is 2.13. The highest BCUT2D eigenvalue weighted by atomic mass is 35.5. The number of aromatic amines is 1. The SMILES string of the molecule is CC(=Nc1ncn(Cc2ccc(F)cc2Cl)n1)c1c(O)sc(=O)[nH]c1=O. The van der Waals surface area contributed by atoms with Gasteiger partial charge in [-0.2, -0.15) is 4.98 Å². The topological polar surface area (TPSA) is 113 Å². The minimum absolute atomic E-state index is 0.0516. The maximum atomic E-state index is 13.1. The summed E-state index contributed by atoms with van der Waals surface area (Å²) < 4.78 is 14.5. The molecule has 0 saturated carbocycles. The minimum Gasteiger partial charge on any atom is -0.499 e. The van der Waals surface area contributed by atoms with Crippen molar-refractivity contribution >= 4 is 34.6 Å². The number of halogens is 2. The molecular weight excluding hydrogens is 385 g/mol. The first-order valence-electron chi connectivity index (χ1n) is 7.19. The fourth-order valence-corrected chi connectivity index (χ4v) is 3.07. The second-order valence-electron chi connectivity index (χ2n) is 5.20. The Hall–Kier alpha value is -2.85. The Morgan fingerprint density at radius 1 is 1.46 bits per heavy atom. The zero-order valence-corrected chi connectivity index (χ0v) is 14.8. The molecule has 8 nitrogen and oxygen atoms in total.